The maximum atomic E-state index is 12.0. The molecule has 1 atom stereocenters. The lowest BCUT2D eigenvalue weighted by Crippen LogP contribution is -2.51. The first-order chi connectivity index (χ1) is 9.20. The smallest absolute Gasteiger partial charge is 0.289 e. The van der Waals surface area contributed by atoms with Crippen LogP contribution in [0.4, 0.5) is 0 Å². The second-order valence-corrected chi connectivity index (χ2v) is 4.78. The van der Waals surface area contributed by atoms with Crippen LogP contribution in [0.2, 0.25) is 0 Å². The first kappa shape index (κ1) is 14.0. The first-order valence-corrected chi connectivity index (χ1v) is 6.58. The second kappa shape index (κ2) is 6.70. The zero-order valence-corrected chi connectivity index (χ0v) is 11.2. The molecule has 0 spiro atoms. The highest BCUT2D eigenvalue weighted by Gasteiger charge is 2.24. The van der Waals surface area contributed by atoms with E-state index in [1.54, 1.807) is 17.0 Å². The average Bonchev–Trinajstić information content (AvgIpc) is 2.93. The van der Waals surface area contributed by atoms with Crippen LogP contribution in [0.1, 0.15) is 10.6 Å². The van der Waals surface area contributed by atoms with Crippen LogP contribution >= 0.6 is 0 Å². The third-order valence-corrected chi connectivity index (χ3v) is 3.30. The normalized spacial score (nSPS) is 18.5. The molecule has 0 radical (unpaired) electrons. The van der Waals surface area contributed by atoms with E-state index in [-0.39, 0.29) is 12.0 Å². The molecule has 1 aromatic rings. The van der Waals surface area contributed by atoms with E-state index in [0.717, 1.165) is 13.1 Å². The Bertz CT molecular complexity index is 386. The topological polar surface area (TPSA) is 69.0 Å². The molecule has 1 fully saturated rings. The standard InChI is InChI=1S/C13H21N3O3/c1-14-9-11(17)10-15-4-6-16(7-5-15)13(18)12-3-2-8-19-12/h2-3,8,11,14,17H,4-7,9-10H2,1H3. The second-order valence-electron chi connectivity index (χ2n) is 4.78. The molecule has 6 nitrogen and oxygen atoms in total. The molecule has 0 aromatic carbocycles. The van der Waals surface area contributed by atoms with Crippen LogP contribution in [-0.4, -0.2) is 73.2 Å². The molecule has 0 bridgehead atoms. The fourth-order valence-corrected chi connectivity index (χ4v) is 2.29. The molecule has 2 heterocycles. The minimum absolute atomic E-state index is 0.0552. The number of nitrogens with zero attached hydrogens (tertiary/aromatic N) is 2. The van der Waals surface area contributed by atoms with Gasteiger partial charge in [0.1, 0.15) is 0 Å². The largest absolute Gasteiger partial charge is 0.459 e. The number of carbonyl (C=O) groups is 1. The molecule has 1 saturated heterocycles. The number of aliphatic hydroxyl groups excluding tert-OH is 1. The number of hydrogen-bond donors (Lipinski definition) is 2. The molecular weight excluding hydrogens is 246 g/mol. The molecule has 6 heteroatoms. The van der Waals surface area contributed by atoms with Crippen molar-refractivity contribution in [2.45, 2.75) is 6.10 Å². The quantitative estimate of drug-likeness (QED) is 0.761. The minimum atomic E-state index is -0.364. The molecule has 2 rings (SSSR count). The molecule has 1 unspecified atom stereocenters. The Hall–Kier alpha value is -1.37. The Labute approximate surface area is 113 Å². The number of β-amino-alcohol motifs (C(OH)–C–C–N with tert-alkyl or cyclic N) is 1. The zero-order chi connectivity index (χ0) is 13.7. The summed E-state index contributed by atoms with van der Waals surface area (Å²) in [5, 5.41) is 12.7. The molecule has 0 aliphatic carbocycles. The summed E-state index contributed by atoms with van der Waals surface area (Å²) in [6, 6.07) is 3.41. The van der Waals surface area contributed by atoms with Crippen LogP contribution in [-0.2, 0) is 0 Å². The van der Waals surface area contributed by atoms with Crippen molar-refractivity contribution in [3.8, 4) is 0 Å². The van der Waals surface area contributed by atoms with Gasteiger partial charge in [0.25, 0.3) is 5.91 Å². The van der Waals surface area contributed by atoms with Gasteiger partial charge in [-0.15, -0.1) is 0 Å². The highest BCUT2D eigenvalue weighted by atomic mass is 16.3. The number of aliphatic hydroxyl groups is 1. The molecule has 106 valence electrons. The third-order valence-electron chi connectivity index (χ3n) is 3.30. The van der Waals surface area contributed by atoms with Crippen LogP contribution in [0.25, 0.3) is 0 Å². The van der Waals surface area contributed by atoms with Crippen LogP contribution in [0.15, 0.2) is 22.8 Å². The summed E-state index contributed by atoms with van der Waals surface area (Å²) in [6.45, 7) is 4.15. The lowest BCUT2D eigenvalue weighted by molar-refractivity contribution is 0.0508. The maximum Gasteiger partial charge on any atom is 0.289 e. The van der Waals surface area contributed by atoms with Crippen molar-refractivity contribution in [1.82, 2.24) is 15.1 Å². The Morgan fingerprint density at radius 1 is 1.47 bits per heavy atom. The minimum Gasteiger partial charge on any atom is -0.459 e. The van der Waals surface area contributed by atoms with Gasteiger partial charge in [0, 0.05) is 39.3 Å². The summed E-state index contributed by atoms with van der Waals surface area (Å²) in [5.74, 6) is 0.337. The summed E-state index contributed by atoms with van der Waals surface area (Å²) < 4.78 is 5.12. The highest BCUT2D eigenvalue weighted by Crippen LogP contribution is 2.09. The van der Waals surface area contributed by atoms with Crippen LogP contribution < -0.4 is 5.32 Å². The number of carbonyl (C=O) groups excluding carboxylic acids is 1. The summed E-state index contributed by atoms with van der Waals surface area (Å²) in [6.07, 6.45) is 1.15. The number of likely N-dealkylation sites (N-methyl/N-ethyl adjacent to an activating group) is 1. The van der Waals surface area contributed by atoms with E-state index in [2.05, 4.69) is 10.2 Å². The van der Waals surface area contributed by atoms with E-state index in [1.807, 2.05) is 7.05 Å². The third kappa shape index (κ3) is 3.79. The Morgan fingerprint density at radius 3 is 2.79 bits per heavy atom. The maximum absolute atomic E-state index is 12.0. The predicted molar refractivity (Wildman–Crippen MR) is 71.0 cm³/mol. The van der Waals surface area contributed by atoms with Crippen molar-refractivity contribution in [3.05, 3.63) is 24.2 Å². The molecule has 1 amide bonds. The number of amides is 1. The van der Waals surface area contributed by atoms with Crippen molar-refractivity contribution in [3.63, 3.8) is 0 Å². The Morgan fingerprint density at radius 2 is 2.21 bits per heavy atom. The number of rotatable bonds is 5. The predicted octanol–water partition coefficient (Wildman–Crippen LogP) is -0.382. The molecule has 1 aromatic heterocycles. The lowest BCUT2D eigenvalue weighted by atomic mass is 10.2. The van der Waals surface area contributed by atoms with Gasteiger partial charge in [-0.1, -0.05) is 0 Å². The first-order valence-electron chi connectivity index (χ1n) is 6.58. The lowest BCUT2D eigenvalue weighted by Gasteiger charge is -2.35. The number of hydrogen-bond acceptors (Lipinski definition) is 5. The summed E-state index contributed by atoms with van der Waals surface area (Å²) in [7, 11) is 1.82. The van der Waals surface area contributed by atoms with Crippen LogP contribution in [0, 0.1) is 0 Å². The van der Waals surface area contributed by atoms with Gasteiger partial charge in [-0.2, -0.15) is 0 Å². The fourth-order valence-electron chi connectivity index (χ4n) is 2.29. The monoisotopic (exact) mass is 267 g/mol. The molecule has 2 N–H and O–H groups in total. The van der Waals surface area contributed by atoms with Crippen molar-refractivity contribution in [2.75, 3.05) is 46.3 Å². The Balaban J connectivity index is 1.78. The van der Waals surface area contributed by atoms with Gasteiger partial charge in [0.2, 0.25) is 0 Å². The van der Waals surface area contributed by atoms with E-state index in [0.29, 0.717) is 31.9 Å². The van der Waals surface area contributed by atoms with Crippen molar-refractivity contribution < 1.29 is 14.3 Å². The van der Waals surface area contributed by atoms with E-state index >= 15 is 0 Å². The van der Waals surface area contributed by atoms with Gasteiger partial charge in [-0.3, -0.25) is 9.69 Å². The molecule has 1 aliphatic rings. The van der Waals surface area contributed by atoms with Gasteiger partial charge >= 0.3 is 0 Å². The van der Waals surface area contributed by atoms with Crippen LogP contribution in [0.3, 0.4) is 0 Å². The van der Waals surface area contributed by atoms with E-state index in [9.17, 15) is 9.90 Å². The number of furan rings is 1. The molecule has 19 heavy (non-hydrogen) atoms. The average molecular weight is 267 g/mol. The SMILES string of the molecule is CNCC(O)CN1CCN(C(=O)c2ccco2)CC1. The van der Waals surface area contributed by atoms with Gasteiger partial charge in [0.15, 0.2) is 5.76 Å². The fraction of sp³-hybridized carbons (Fsp3) is 0.615. The van der Waals surface area contributed by atoms with Gasteiger partial charge in [0.05, 0.1) is 12.4 Å². The molecule has 1 aliphatic heterocycles. The van der Waals surface area contributed by atoms with Gasteiger partial charge < -0.3 is 19.7 Å². The van der Waals surface area contributed by atoms with E-state index in [4.69, 9.17) is 4.42 Å². The number of piperazine rings is 1. The van der Waals surface area contributed by atoms with Gasteiger partial charge in [-0.05, 0) is 19.2 Å². The zero-order valence-electron chi connectivity index (χ0n) is 11.2. The summed E-state index contributed by atoms with van der Waals surface area (Å²) >= 11 is 0. The number of nitrogens with one attached hydrogen (secondary N) is 1. The molecule has 0 saturated carbocycles. The highest BCUT2D eigenvalue weighted by molar-refractivity contribution is 5.91. The molecular formula is C13H21N3O3. The van der Waals surface area contributed by atoms with Crippen molar-refractivity contribution >= 4 is 5.91 Å². The summed E-state index contributed by atoms with van der Waals surface area (Å²) in [4.78, 5) is 16.0. The van der Waals surface area contributed by atoms with Crippen molar-refractivity contribution in [2.24, 2.45) is 0 Å². The van der Waals surface area contributed by atoms with Crippen LogP contribution in [0.5, 0.6) is 0 Å². The van der Waals surface area contributed by atoms with E-state index in [1.165, 1.54) is 6.26 Å². The summed E-state index contributed by atoms with van der Waals surface area (Å²) in [5.41, 5.74) is 0. The Kier molecular flexibility index (Phi) is 4.95. The van der Waals surface area contributed by atoms with Crippen molar-refractivity contribution in [1.29, 1.82) is 0 Å². The van der Waals surface area contributed by atoms with E-state index < -0.39 is 0 Å². The van der Waals surface area contributed by atoms with Gasteiger partial charge in [-0.25, -0.2) is 0 Å².